The van der Waals surface area contributed by atoms with Crippen molar-refractivity contribution in [2.45, 2.75) is 18.6 Å². The summed E-state index contributed by atoms with van der Waals surface area (Å²) in [6.45, 7) is 2.18. The van der Waals surface area contributed by atoms with Gasteiger partial charge in [-0.3, -0.25) is 19.0 Å². The summed E-state index contributed by atoms with van der Waals surface area (Å²) in [7, 11) is 1.56. The van der Waals surface area contributed by atoms with Crippen LogP contribution in [-0.4, -0.2) is 40.7 Å². The Hall–Kier alpha value is -2.97. The molecule has 0 fully saturated rings. The largest absolute Gasteiger partial charge is 0.383 e. The Labute approximate surface area is 172 Å². The Morgan fingerprint density at radius 2 is 1.97 bits per heavy atom. The van der Waals surface area contributed by atoms with Crippen LogP contribution >= 0.6 is 11.8 Å². The summed E-state index contributed by atoms with van der Waals surface area (Å²) in [6, 6.07) is 13.9. The highest BCUT2D eigenvalue weighted by Crippen LogP contribution is 2.19. The molecule has 0 spiro atoms. The molecule has 1 amide bonds. The lowest BCUT2D eigenvalue weighted by Gasteiger charge is -2.13. The molecule has 0 radical (unpaired) electrons. The van der Waals surface area contributed by atoms with Gasteiger partial charge in [0, 0.05) is 18.4 Å². The number of ketones is 1. The number of benzene rings is 2. The second-order valence-electron chi connectivity index (χ2n) is 6.33. The maximum absolute atomic E-state index is 12.8. The molecule has 1 N–H and O–H groups in total. The highest BCUT2D eigenvalue weighted by Gasteiger charge is 2.13. The molecule has 0 aliphatic heterocycles. The number of anilines is 1. The summed E-state index contributed by atoms with van der Waals surface area (Å²) in [5.41, 5.74) is 1.50. The molecule has 0 saturated heterocycles. The van der Waals surface area contributed by atoms with Crippen LogP contribution < -0.4 is 10.9 Å². The third-order valence-electron chi connectivity index (χ3n) is 4.23. The number of carbonyl (C=O) groups is 2. The third-order valence-corrected chi connectivity index (χ3v) is 5.21. The van der Waals surface area contributed by atoms with Crippen molar-refractivity contribution in [2.24, 2.45) is 0 Å². The van der Waals surface area contributed by atoms with Gasteiger partial charge in [0.15, 0.2) is 10.9 Å². The molecule has 7 nitrogen and oxygen atoms in total. The molecular formula is C21H21N3O4S. The Balaban J connectivity index is 1.78. The normalized spacial score (nSPS) is 10.8. The zero-order valence-electron chi connectivity index (χ0n) is 16.2. The van der Waals surface area contributed by atoms with Crippen LogP contribution in [0.3, 0.4) is 0 Å². The Morgan fingerprint density at radius 3 is 2.72 bits per heavy atom. The number of ether oxygens (including phenoxy) is 1. The number of amides is 1. The van der Waals surface area contributed by atoms with E-state index in [1.54, 1.807) is 49.6 Å². The summed E-state index contributed by atoms with van der Waals surface area (Å²) < 4.78 is 6.63. The standard InChI is InChI=1S/C21H21N3O4S/c1-14(25)15-6-5-7-16(12-15)22-19(26)13-29-21-23-18-9-4-3-8-17(18)20(27)24(21)10-11-28-2/h3-9,12H,10-11,13H2,1-2H3,(H,22,26). The van der Waals surface area contributed by atoms with Crippen molar-refractivity contribution in [1.29, 1.82) is 0 Å². The predicted octanol–water partition coefficient (Wildman–Crippen LogP) is 2.98. The number of nitrogens with one attached hydrogen (secondary N) is 1. The Bertz CT molecular complexity index is 1110. The summed E-state index contributed by atoms with van der Waals surface area (Å²) in [4.78, 5) is 41.2. The molecule has 8 heteroatoms. The van der Waals surface area contributed by atoms with Crippen molar-refractivity contribution in [3.05, 3.63) is 64.4 Å². The van der Waals surface area contributed by atoms with Gasteiger partial charge in [-0.1, -0.05) is 36.0 Å². The van der Waals surface area contributed by atoms with E-state index in [1.165, 1.54) is 23.3 Å². The zero-order chi connectivity index (χ0) is 20.8. The van der Waals surface area contributed by atoms with Crippen LogP contribution in [0.4, 0.5) is 5.69 Å². The molecule has 1 heterocycles. The van der Waals surface area contributed by atoms with Crippen molar-refractivity contribution in [2.75, 3.05) is 24.8 Å². The molecule has 2 aromatic carbocycles. The number of nitrogens with zero attached hydrogens (tertiary/aromatic N) is 2. The molecule has 0 saturated carbocycles. The number of methoxy groups -OCH3 is 1. The molecular weight excluding hydrogens is 390 g/mol. The van der Waals surface area contributed by atoms with Gasteiger partial charge in [0.05, 0.1) is 29.8 Å². The average Bonchev–Trinajstić information content (AvgIpc) is 2.72. The second kappa shape index (κ2) is 9.49. The monoisotopic (exact) mass is 411 g/mol. The van der Waals surface area contributed by atoms with Crippen molar-refractivity contribution in [3.8, 4) is 0 Å². The van der Waals surface area contributed by atoms with Gasteiger partial charge < -0.3 is 10.1 Å². The van der Waals surface area contributed by atoms with E-state index in [0.29, 0.717) is 40.5 Å². The van der Waals surface area contributed by atoms with E-state index in [2.05, 4.69) is 10.3 Å². The van der Waals surface area contributed by atoms with Crippen molar-refractivity contribution in [1.82, 2.24) is 9.55 Å². The van der Waals surface area contributed by atoms with Crippen LogP contribution in [0.1, 0.15) is 17.3 Å². The predicted molar refractivity (Wildman–Crippen MR) is 114 cm³/mol. The number of carbonyl (C=O) groups excluding carboxylic acids is 2. The van der Waals surface area contributed by atoms with E-state index in [0.717, 1.165) is 0 Å². The second-order valence-corrected chi connectivity index (χ2v) is 7.28. The fraction of sp³-hybridized carbons (Fsp3) is 0.238. The minimum Gasteiger partial charge on any atom is -0.383 e. The van der Waals surface area contributed by atoms with E-state index in [9.17, 15) is 14.4 Å². The first kappa shape index (κ1) is 20.8. The lowest BCUT2D eigenvalue weighted by molar-refractivity contribution is -0.113. The van der Waals surface area contributed by atoms with Gasteiger partial charge in [0.2, 0.25) is 5.91 Å². The minimum atomic E-state index is -0.253. The third kappa shape index (κ3) is 5.10. The van der Waals surface area contributed by atoms with Crippen molar-refractivity contribution < 1.29 is 14.3 Å². The molecule has 0 aliphatic carbocycles. The number of para-hydroxylation sites is 1. The molecule has 0 unspecified atom stereocenters. The summed E-state index contributed by atoms with van der Waals surface area (Å²) in [5, 5.41) is 3.75. The van der Waals surface area contributed by atoms with Crippen LogP contribution in [0.5, 0.6) is 0 Å². The number of hydrogen-bond donors (Lipinski definition) is 1. The van der Waals surface area contributed by atoms with Gasteiger partial charge in [-0.25, -0.2) is 4.98 Å². The number of aromatic nitrogens is 2. The van der Waals surface area contributed by atoms with Crippen LogP contribution in [0.15, 0.2) is 58.5 Å². The number of thioether (sulfide) groups is 1. The van der Waals surface area contributed by atoms with Crippen LogP contribution in [0.25, 0.3) is 10.9 Å². The fourth-order valence-electron chi connectivity index (χ4n) is 2.78. The van der Waals surface area contributed by atoms with E-state index in [1.807, 2.05) is 6.07 Å². The molecule has 1 aromatic heterocycles. The highest BCUT2D eigenvalue weighted by atomic mass is 32.2. The molecule has 0 aliphatic rings. The number of fused-ring (bicyclic) bond motifs is 1. The Morgan fingerprint density at radius 1 is 1.17 bits per heavy atom. The van der Waals surface area contributed by atoms with Crippen molar-refractivity contribution in [3.63, 3.8) is 0 Å². The summed E-state index contributed by atoms with van der Waals surface area (Å²) >= 11 is 1.18. The van der Waals surface area contributed by atoms with Gasteiger partial charge in [-0.05, 0) is 31.2 Å². The maximum Gasteiger partial charge on any atom is 0.262 e. The first-order chi connectivity index (χ1) is 14.0. The van der Waals surface area contributed by atoms with Gasteiger partial charge in [-0.15, -0.1) is 0 Å². The van der Waals surface area contributed by atoms with Gasteiger partial charge in [0.25, 0.3) is 5.56 Å². The lowest BCUT2D eigenvalue weighted by Crippen LogP contribution is -2.26. The summed E-state index contributed by atoms with van der Waals surface area (Å²) in [5.74, 6) is -0.253. The van der Waals surface area contributed by atoms with Crippen LogP contribution in [-0.2, 0) is 16.1 Å². The molecule has 150 valence electrons. The first-order valence-electron chi connectivity index (χ1n) is 9.02. The van der Waals surface area contributed by atoms with Crippen LogP contribution in [0.2, 0.25) is 0 Å². The molecule has 29 heavy (non-hydrogen) atoms. The lowest BCUT2D eigenvalue weighted by atomic mass is 10.1. The molecule has 0 bridgehead atoms. The number of rotatable bonds is 8. The van der Waals surface area contributed by atoms with Gasteiger partial charge in [0.1, 0.15) is 0 Å². The van der Waals surface area contributed by atoms with E-state index in [-0.39, 0.29) is 23.0 Å². The van der Waals surface area contributed by atoms with E-state index >= 15 is 0 Å². The molecule has 3 rings (SSSR count). The van der Waals surface area contributed by atoms with E-state index < -0.39 is 0 Å². The average molecular weight is 411 g/mol. The quantitative estimate of drug-likeness (QED) is 0.348. The zero-order valence-corrected chi connectivity index (χ0v) is 17.0. The highest BCUT2D eigenvalue weighted by molar-refractivity contribution is 7.99. The van der Waals surface area contributed by atoms with E-state index in [4.69, 9.17) is 4.74 Å². The van der Waals surface area contributed by atoms with Crippen molar-refractivity contribution >= 4 is 40.0 Å². The number of hydrogen-bond acceptors (Lipinski definition) is 6. The smallest absolute Gasteiger partial charge is 0.262 e. The van der Waals surface area contributed by atoms with Crippen LogP contribution in [0, 0.1) is 0 Å². The Kier molecular flexibility index (Phi) is 6.79. The summed E-state index contributed by atoms with van der Waals surface area (Å²) in [6.07, 6.45) is 0. The molecule has 0 atom stereocenters. The van der Waals surface area contributed by atoms with Gasteiger partial charge >= 0.3 is 0 Å². The van der Waals surface area contributed by atoms with Gasteiger partial charge in [-0.2, -0.15) is 0 Å². The number of Topliss-reactive ketones (excluding diaryl/α,β-unsaturated/α-hetero) is 1. The minimum absolute atomic E-state index is 0.0713. The maximum atomic E-state index is 12.8. The fourth-order valence-corrected chi connectivity index (χ4v) is 3.61. The first-order valence-corrected chi connectivity index (χ1v) is 10.0. The topological polar surface area (TPSA) is 90.3 Å². The SMILES string of the molecule is COCCn1c(SCC(=O)Nc2cccc(C(C)=O)c2)nc2ccccc2c1=O. The molecule has 3 aromatic rings.